The molecule has 0 N–H and O–H groups in total. The summed E-state index contributed by atoms with van der Waals surface area (Å²) in [6, 6.07) is 88.0. The highest BCUT2D eigenvalue weighted by molar-refractivity contribution is 6.00. The van der Waals surface area contributed by atoms with Gasteiger partial charge in [-0.1, -0.05) is 146 Å². The Hall–Kier alpha value is -9.26. The van der Waals surface area contributed by atoms with Crippen LogP contribution in [0.3, 0.4) is 0 Å². The van der Waals surface area contributed by atoms with Crippen molar-refractivity contribution >= 4 is 56.3 Å². The Kier molecular flexibility index (Phi) is 10.4. The van der Waals surface area contributed by atoms with Gasteiger partial charge in [-0.15, -0.1) is 0 Å². The van der Waals surface area contributed by atoms with E-state index in [1.807, 2.05) is 48.5 Å². The molecule has 0 bridgehead atoms. The summed E-state index contributed by atoms with van der Waals surface area (Å²) in [6.07, 6.45) is 0. The molecule has 10 aromatic carbocycles. The van der Waals surface area contributed by atoms with Gasteiger partial charge in [0.25, 0.3) is 0 Å². The number of aromatic nitrogens is 2. The Morgan fingerprint density at radius 2 is 0.515 bits per heavy atom. The average Bonchev–Trinajstić information content (AvgIpc) is 4.07. The van der Waals surface area contributed by atoms with E-state index in [1.54, 1.807) is 0 Å². The van der Waals surface area contributed by atoms with E-state index in [1.165, 1.54) is 22.3 Å². The molecule has 0 amide bonds. The summed E-state index contributed by atoms with van der Waals surface area (Å²) < 4.78 is 13.3. The molecule has 0 fully saturated rings. The van der Waals surface area contributed by atoms with E-state index in [9.17, 15) is 0 Å². The zero-order valence-electron chi connectivity index (χ0n) is 36.9. The second-order valence-electron chi connectivity index (χ2n) is 16.6. The first kappa shape index (κ1) is 40.3. The summed E-state index contributed by atoms with van der Waals surface area (Å²) in [5.41, 5.74) is 17.4. The van der Waals surface area contributed by atoms with Crippen LogP contribution in [0.4, 0.5) is 34.1 Å². The number of rotatable bonds is 11. The molecule has 0 aliphatic rings. The maximum Gasteiger partial charge on any atom is 0.227 e. The normalized spacial score (nSPS) is 11.2. The van der Waals surface area contributed by atoms with Crippen LogP contribution in [0.1, 0.15) is 0 Å². The molecular weight excluding hydrogens is 833 g/mol. The van der Waals surface area contributed by atoms with Crippen molar-refractivity contribution in [3.8, 4) is 56.3 Å². The number of oxazole rings is 2. The largest absolute Gasteiger partial charge is 0.435 e. The van der Waals surface area contributed by atoms with E-state index < -0.39 is 0 Å². The third-order valence-corrected chi connectivity index (χ3v) is 12.4. The summed E-state index contributed by atoms with van der Waals surface area (Å²) in [7, 11) is 0. The minimum absolute atomic E-state index is 0.541. The Labute approximate surface area is 394 Å². The van der Waals surface area contributed by atoms with Gasteiger partial charge in [0.05, 0.1) is 0 Å². The first-order valence-electron chi connectivity index (χ1n) is 22.7. The van der Waals surface area contributed by atoms with Gasteiger partial charge in [-0.05, 0) is 131 Å². The van der Waals surface area contributed by atoms with E-state index in [2.05, 4.69) is 216 Å². The van der Waals surface area contributed by atoms with Gasteiger partial charge in [-0.2, -0.15) is 0 Å². The van der Waals surface area contributed by atoms with Crippen LogP contribution in [-0.2, 0) is 0 Å². The minimum atomic E-state index is 0.541. The molecule has 6 nitrogen and oxygen atoms in total. The van der Waals surface area contributed by atoms with Crippen LogP contribution in [0.15, 0.2) is 264 Å². The predicted octanol–water partition coefficient (Wildman–Crippen LogP) is 17.2. The number of nitrogens with zero attached hydrogens (tertiary/aromatic N) is 4. The quantitative estimate of drug-likeness (QED) is 0.129. The van der Waals surface area contributed by atoms with Gasteiger partial charge in [0.2, 0.25) is 11.8 Å². The van der Waals surface area contributed by atoms with Gasteiger partial charge in [0, 0.05) is 56.4 Å². The van der Waals surface area contributed by atoms with Crippen molar-refractivity contribution in [1.82, 2.24) is 9.97 Å². The molecule has 0 aliphatic heterocycles. The second-order valence-corrected chi connectivity index (χ2v) is 16.6. The highest BCUT2D eigenvalue weighted by Crippen LogP contribution is 2.41. The van der Waals surface area contributed by atoms with Crippen molar-refractivity contribution in [3.05, 3.63) is 255 Å². The Bertz CT molecular complexity index is 3380. The highest BCUT2D eigenvalue weighted by atomic mass is 16.4. The van der Waals surface area contributed by atoms with Crippen LogP contribution < -0.4 is 9.80 Å². The summed E-state index contributed by atoms with van der Waals surface area (Å²) in [5.74, 6) is 1.08. The van der Waals surface area contributed by atoms with Crippen LogP contribution >= 0.6 is 0 Å². The molecule has 0 saturated heterocycles. The van der Waals surface area contributed by atoms with Crippen LogP contribution in [0.25, 0.3) is 78.5 Å². The zero-order chi connectivity index (χ0) is 45.2. The van der Waals surface area contributed by atoms with Gasteiger partial charge in [-0.25, -0.2) is 9.97 Å². The molecular formula is C62H42N4O2. The fourth-order valence-corrected chi connectivity index (χ4v) is 8.99. The van der Waals surface area contributed by atoms with Crippen LogP contribution in [0.5, 0.6) is 0 Å². The molecule has 322 valence electrons. The molecule has 0 unspecified atom stereocenters. The Morgan fingerprint density at radius 3 is 0.853 bits per heavy atom. The number of hydrogen-bond acceptors (Lipinski definition) is 6. The monoisotopic (exact) mass is 874 g/mol. The van der Waals surface area contributed by atoms with Gasteiger partial charge < -0.3 is 18.6 Å². The van der Waals surface area contributed by atoms with Crippen molar-refractivity contribution in [2.24, 2.45) is 0 Å². The van der Waals surface area contributed by atoms with E-state index in [-0.39, 0.29) is 0 Å². The smallest absolute Gasteiger partial charge is 0.227 e. The summed E-state index contributed by atoms with van der Waals surface area (Å²) in [6.45, 7) is 0. The number of fused-ring (bicyclic) bond motifs is 2. The van der Waals surface area contributed by atoms with Crippen molar-refractivity contribution in [3.63, 3.8) is 0 Å². The zero-order valence-corrected chi connectivity index (χ0v) is 36.9. The van der Waals surface area contributed by atoms with Crippen LogP contribution in [0.2, 0.25) is 0 Å². The average molecular weight is 875 g/mol. The molecule has 12 aromatic rings. The number of benzene rings is 10. The lowest BCUT2D eigenvalue weighted by Crippen LogP contribution is -2.09. The fourth-order valence-electron chi connectivity index (χ4n) is 8.99. The third-order valence-electron chi connectivity index (χ3n) is 12.4. The maximum absolute atomic E-state index is 6.65. The lowest BCUT2D eigenvalue weighted by Gasteiger charge is -2.25. The molecule has 12 rings (SSSR count). The Balaban J connectivity index is 0.835. The van der Waals surface area contributed by atoms with Crippen molar-refractivity contribution in [1.29, 1.82) is 0 Å². The van der Waals surface area contributed by atoms with Crippen LogP contribution in [0, 0.1) is 0 Å². The van der Waals surface area contributed by atoms with Crippen molar-refractivity contribution in [2.75, 3.05) is 9.80 Å². The van der Waals surface area contributed by atoms with E-state index in [0.717, 1.165) is 67.4 Å². The SMILES string of the molecule is c1ccc(-c2ccc(N(c3ccccc3)c3ccc(-c4nc5cccc(-c6cccc7nc(-c8ccc(N(c9ccccc9)c9ccc(-c%10ccccc%10)cc9)cc8)oc67)c5o4)cc3)cc2)cc1. The number of anilines is 6. The summed E-state index contributed by atoms with van der Waals surface area (Å²) in [5, 5.41) is 0. The van der Waals surface area contributed by atoms with Gasteiger partial charge in [0.15, 0.2) is 11.2 Å². The molecule has 0 saturated carbocycles. The molecule has 68 heavy (non-hydrogen) atoms. The highest BCUT2D eigenvalue weighted by Gasteiger charge is 2.20. The molecule has 0 aliphatic carbocycles. The topological polar surface area (TPSA) is 58.5 Å². The summed E-state index contributed by atoms with van der Waals surface area (Å²) >= 11 is 0. The number of para-hydroxylation sites is 4. The summed E-state index contributed by atoms with van der Waals surface area (Å²) in [4.78, 5) is 14.5. The molecule has 0 radical (unpaired) electrons. The molecule has 0 atom stereocenters. The van der Waals surface area contributed by atoms with Gasteiger partial charge in [0.1, 0.15) is 11.0 Å². The molecule has 2 aromatic heterocycles. The van der Waals surface area contributed by atoms with Crippen molar-refractivity contribution < 1.29 is 8.83 Å². The Morgan fingerprint density at radius 1 is 0.235 bits per heavy atom. The third kappa shape index (κ3) is 7.76. The molecule has 0 spiro atoms. The lowest BCUT2D eigenvalue weighted by atomic mass is 10.0. The molecule has 6 heteroatoms. The van der Waals surface area contributed by atoms with Gasteiger partial charge >= 0.3 is 0 Å². The number of hydrogen-bond donors (Lipinski definition) is 0. The first-order chi connectivity index (χ1) is 33.7. The lowest BCUT2D eigenvalue weighted by molar-refractivity contribution is 0.616. The van der Waals surface area contributed by atoms with Crippen molar-refractivity contribution in [2.45, 2.75) is 0 Å². The predicted molar refractivity (Wildman–Crippen MR) is 278 cm³/mol. The van der Waals surface area contributed by atoms with E-state index in [0.29, 0.717) is 22.9 Å². The second kappa shape index (κ2) is 17.6. The maximum atomic E-state index is 6.65. The first-order valence-corrected chi connectivity index (χ1v) is 22.7. The fraction of sp³-hybridized carbons (Fsp3) is 0. The standard InChI is InChI=1S/C62H42N4O2/c1-5-15-43(16-6-1)45-27-35-51(36-28-45)65(49-19-9-3-10-20-49)53-39-31-47(32-40-53)61-63-57-25-13-23-55(59(57)67-61)56-24-14-26-58-60(56)68-62(64-58)48-33-41-54(42-34-48)66(50-21-11-4-12-22-50)52-37-29-46(30-38-52)44-17-7-2-8-18-44/h1-42H. The van der Waals surface area contributed by atoms with Gasteiger partial charge in [-0.3, -0.25) is 0 Å². The van der Waals surface area contributed by atoms with E-state index in [4.69, 9.17) is 18.8 Å². The van der Waals surface area contributed by atoms with Crippen LogP contribution in [-0.4, -0.2) is 9.97 Å². The molecule has 2 heterocycles. The van der Waals surface area contributed by atoms with E-state index >= 15 is 0 Å². The minimum Gasteiger partial charge on any atom is -0.435 e.